The predicted octanol–water partition coefficient (Wildman–Crippen LogP) is 3.78. The van der Waals surface area contributed by atoms with E-state index in [9.17, 15) is 9.18 Å². The second-order valence-electron chi connectivity index (χ2n) is 5.92. The normalized spacial score (nSPS) is 13.8. The summed E-state index contributed by atoms with van der Waals surface area (Å²) in [6, 6.07) is 14.2. The Morgan fingerprint density at radius 2 is 1.91 bits per heavy atom. The van der Waals surface area contributed by atoms with E-state index >= 15 is 0 Å². The van der Waals surface area contributed by atoms with Crippen LogP contribution in [0.4, 0.5) is 4.39 Å². The first kappa shape index (κ1) is 15.7. The van der Waals surface area contributed by atoms with Crippen molar-refractivity contribution in [3.63, 3.8) is 0 Å². The second-order valence-corrected chi connectivity index (χ2v) is 5.92. The molecule has 1 aliphatic rings. The highest BCUT2D eigenvalue weighted by molar-refractivity contribution is 5.94. The molecule has 4 heteroatoms. The van der Waals surface area contributed by atoms with E-state index in [4.69, 9.17) is 4.74 Å². The van der Waals surface area contributed by atoms with E-state index in [1.165, 1.54) is 12.1 Å². The lowest BCUT2D eigenvalue weighted by Gasteiger charge is -2.23. The average molecular weight is 313 g/mol. The first-order valence-electron chi connectivity index (χ1n) is 7.80. The zero-order valence-corrected chi connectivity index (χ0v) is 13.2. The molecule has 3 rings (SSSR count). The zero-order chi connectivity index (χ0) is 16.2. The summed E-state index contributed by atoms with van der Waals surface area (Å²) in [6.45, 7) is 0.977. The summed E-state index contributed by atoms with van der Waals surface area (Å²) < 4.78 is 18.4. The topological polar surface area (TPSA) is 29.5 Å². The van der Waals surface area contributed by atoms with Crippen LogP contribution in [0, 0.1) is 5.82 Å². The summed E-state index contributed by atoms with van der Waals surface area (Å²) in [5.74, 6) is -0.268. The number of benzene rings is 2. The smallest absolute Gasteiger partial charge is 0.254 e. The minimum atomic E-state index is -0.269. The van der Waals surface area contributed by atoms with Gasteiger partial charge in [0.05, 0.1) is 6.61 Å². The molecule has 0 radical (unpaired) electrons. The lowest BCUT2D eigenvalue weighted by Crippen LogP contribution is -2.32. The quantitative estimate of drug-likeness (QED) is 0.812. The number of halogens is 1. The highest BCUT2D eigenvalue weighted by atomic mass is 19.1. The number of carbonyl (C=O) groups is 1. The predicted molar refractivity (Wildman–Crippen MR) is 86.5 cm³/mol. The molecular formula is C19H20FNO2. The molecule has 1 fully saturated rings. The van der Waals surface area contributed by atoms with Gasteiger partial charge in [-0.3, -0.25) is 4.79 Å². The number of carbonyl (C=O) groups excluding carboxylic acids is 1. The zero-order valence-electron chi connectivity index (χ0n) is 13.2. The van der Waals surface area contributed by atoms with Crippen molar-refractivity contribution >= 4 is 5.91 Å². The maximum Gasteiger partial charge on any atom is 0.254 e. The van der Waals surface area contributed by atoms with Gasteiger partial charge in [-0.2, -0.15) is 0 Å². The third-order valence-corrected chi connectivity index (χ3v) is 4.00. The van der Waals surface area contributed by atoms with Crippen LogP contribution in [0.5, 0.6) is 0 Å². The Kier molecular flexibility index (Phi) is 4.72. The Morgan fingerprint density at radius 3 is 2.52 bits per heavy atom. The summed E-state index contributed by atoms with van der Waals surface area (Å²) in [7, 11) is 1.65. The van der Waals surface area contributed by atoms with Crippen LogP contribution < -0.4 is 0 Å². The molecule has 2 aromatic rings. The lowest BCUT2D eigenvalue weighted by molar-refractivity contribution is 0.0729. The molecule has 120 valence electrons. The standard InChI is InChI=1S/C19H20FNO2/c1-23-13-14-5-7-16(8-6-14)19(22)21(18-9-10-18)12-15-3-2-4-17(20)11-15/h2-8,11,18H,9-10,12-13H2,1H3. The molecule has 0 aliphatic heterocycles. The van der Waals surface area contributed by atoms with E-state index in [0.717, 1.165) is 24.0 Å². The highest BCUT2D eigenvalue weighted by Gasteiger charge is 2.33. The maximum absolute atomic E-state index is 13.4. The molecule has 0 heterocycles. The fraction of sp³-hybridized carbons (Fsp3) is 0.316. The van der Waals surface area contributed by atoms with Gasteiger partial charge in [0.1, 0.15) is 5.82 Å². The molecule has 1 amide bonds. The Hall–Kier alpha value is -2.20. The van der Waals surface area contributed by atoms with Crippen molar-refractivity contribution in [2.75, 3.05) is 7.11 Å². The number of methoxy groups -OCH3 is 1. The minimum Gasteiger partial charge on any atom is -0.380 e. The van der Waals surface area contributed by atoms with Crippen LogP contribution in [-0.4, -0.2) is 24.0 Å². The van der Waals surface area contributed by atoms with E-state index in [-0.39, 0.29) is 17.8 Å². The van der Waals surface area contributed by atoms with Gasteiger partial charge in [-0.05, 0) is 48.2 Å². The number of ether oxygens (including phenoxy) is 1. The van der Waals surface area contributed by atoms with E-state index in [1.54, 1.807) is 13.2 Å². The number of nitrogens with zero attached hydrogens (tertiary/aromatic N) is 1. The van der Waals surface area contributed by atoms with Gasteiger partial charge in [-0.15, -0.1) is 0 Å². The van der Waals surface area contributed by atoms with Gasteiger partial charge in [0.15, 0.2) is 0 Å². The van der Waals surface area contributed by atoms with E-state index in [0.29, 0.717) is 18.7 Å². The number of amides is 1. The number of hydrogen-bond acceptors (Lipinski definition) is 2. The third-order valence-electron chi connectivity index (χ3n) is 4.00. The molecule has 0 atom stereocenters. The first-order valence-corrected chi connectivity index (χ1v) is 7.80. The van der Waals surface area contributed by atoms with Crippen LogP contribution in [0.2, 0.25) is 0 Å². The van der Waals surface area contributed by atoms with Gasteiger partial charge in [0.2, 0.25) is 0 Å². The maximum atomic E-state index is 13.4. The van der Waals surface area contributed by atoms with Crippen molar-refractivity contribution in [1.82, 2.24) is 4.90 Å². The molecule has 0 N–H and O–H groups in total. The molecule has 0 saturated heterocycles. The van der Waals surface area contributed by atoms with Crippen molar-refractivity contribution in [3.8, 4) is 0 Å². The molecule has 0 aromatic heterocycles. The van der Waals surface area contributed by atoms with Gasteiger partial charge in [0.25, 0.3) is 5.91 Å². The van der Waals surface area contributed by atoms with Crippen molar-refractivity contribution in [3.05, 3.63) is 71.0 Å². The lowest BCUT2D eigenvalue weighted by atomic mass is 10.1. The van der Waals surface area contributed by atoms with E-state index < -0.39 is 0 Å². The Labute approximate surface area is 135 Å². The minimum absolute atomic E-state index is 0.000674. The highest BCUT2D eigenvalue weighted by Crippen LogP contribution is 2.30. The van der Waals surface area contributed by atoms with Gasteiger partial charge in [0, 0.05) is 25.3 Å². The molecule has 1 saturated carbocycles. The Bertz CT molecular complexity index is 680. The SMILES string of the molecule is COCc1ccc(C(=O)N(Cc2cccc(F)c2)C2CC2)cc1. The Morgan fingerprint density at radius 1 is 1.17 bits per heavy atom. The molecule has 2 aromatic carbocycles. The number of rotatable bonds is 6. The van der Waals surface area contributed by atoms with Crippen LogP contribution in [0.25, 0.3) is 0 Å². The molecule has 1 aliphatic carbocycles. The molecule has 0 unspecified atom stereocenters. The molecule has 23 heavy (non-hydrogen) atoms. The van der Waals surface area contributed by atoms with E-state index in [2.05, 4.69) is 0 Å². The molecule has 0 bridgehead atoms. The van der Waals surface area contributed by atoms with Crippen molar-refractivity contribution < 1.29 is 13.9 Å². The molecular weight excluding hydrogens is 293 g/mol. The number of hydrogen-bond donors (Lipinski definition) is 0. The van der Waals surface area contributed by atoms with Crippen LogP contribution in [0.3, 0.4) is 0 Å². The third kappa shape index (κ3) is 3.96. The largest absolute Gasteiger partial charge is 0.380 e. The molecule has 3 nitrogen and oxygen atoms in total. The monoisotopic (exact) mass is 313 g/mol. The van der Waals surface area contributed by atoms with Crippen LogP contribution in [0.1, 0.15) is 34.3 Å². The summed E-state index contributed by atoms with van der Waals surface area (Å²) in [5.41, 5.74) is 2.52. The van der Waals surface area contributed by atoms with Crippen LogP contribution in [0.15, 0.2) is 48.5 Å². The summed E-state index contributed by atoms with van der Waals surface area (Å²) in [6.07, 6.45) is 2.03. The van der Waals surface area contributed by atoms with Crippen LogP contribution in [-0.2, 0) is 17.9 Å². The fourth-order valence-electron chi connectivity index (χ4n) is 2.66. The second kappa shape index (κ2) is 6.92. The first-order chi connectivity index (χ1) is 11.2. The summed E-state index contributed by atoms with van der Waals surface area (Å²) >= 11 is 0. The summed E-state index contributed by atoms with van der Waals surface area (Å²) in [5, 5.41) is 0. The van der Waals surface area contributed by atoms with Gasteiger partial charge in [-0.25, -0.2) is 4.39 Å². The summed E-state index contributed by atoms with van der Waals surface area (Å²) in [4.78, 5) is 14.6. The Balaban J connectivity index is 1.76. The van der Waals surface area contributed by atoms with Crippen LogP contribution >= 0.6 is 0 Å². The fourth-order valence-corrected chi connectivity index (χ4v) is 2.66. The van der Waals surface area contributed by atoms with E-state index in [1.807, 2.05) is 35.2 Å². The van der Waals surface area contributed by atoms with Crippen molar-refractivity contribution in [2.45, 2.75) is 32.0 Å². The van der Waals surface area contributed by atoms with Gasteiger partial charge < -0.3 is 9.64 Å². The van der Waals surface area contributed by atoms with Crippen molar-refractivity contribution in [2.24, 2.45) is 0 Å². The van der Waals surface area contributed by atoms with Crippen molar-refractivity contribution in [1.29, 1.82) is 0 Å². The molecule has 0 spiro atoms. The van der Waals surface area contributed by atoms with Gasteiger partial charge >= 0.3 is 0 Å². The van der Waals surface area contributed by atoms with Gasteiger partial charge in [-0.1, -0.05) is 24.3 Å². The average Bonchev–Trinajstić information content (AvgIpc) is 3.38.